The van der Waals surface area contributed by atoms with Gasteiger partial charge < -0.3 is 19.7 Å². The average molecular weight is 467 g/mol. The molecule has 0 radical (unpaired) electrons. The Bertz CT molecular complexity index is 1150. The highest BCUT2D eigenvalue weighted by Crippen LogP contribution is 2.33. The first-order valence-electron chi connectivity index (χ1n) is 11.4. The van der Waals surface area contributed by atoms with E-state index in [1.807, 2.05) is 47.6 Å². The number of para-hydroxylation sites is 2. The minimum absolute atomic E-state index is 0.0160. The van der Waals surface area contributed by atoms with E-state index in [0.29, 0.717) is 24.0 Å². The summed E-state index contributed by atoms with van der Waals surface area (Å²) in [7, 11) is 0. The SMILES string of the molecule is CCC(C)(C)C(=O)Oc1cccc2c(O)cccc12.CCC(C)(C)C(=O)Oc1ccccc1O. The third-order valence-electron chi connectivity index (χ3n) is 6.00. The predicted octanol–water partition coefficient (Wildman–Crippen LogP) is 6.62. The molecule has 0 aliphatic rings. The highest BCUT2D eigenvalue weighted by molar-refractivity contribution is 5.94. The molecule has 0 aromatic heterocycles. The maximum atomic E-state index is 12.1. The zero-order valence-corrected chi connectivity index (χ0v) is 20.7. The fourth-order valence-electron chi connectivity index (χ4n) is 2.66. The zero-order valence-electron chi connectivity index (χ0n) is 20.7. The van der Waals surface area contributed by atoms with Crippen LogP contribution in [0.2, 0.25) is 0 Å². The molecular weight excluding hydrogens is 432 g/mol. The van der Waals surface area contributed by atoms with Crippen LogP contribution in [0.5, 0.6) is 23.0 Å². The van der Waals surface area contributed by atoms with E-state index < -0.39 is 10.8 Å². The van der Waals surface area contributed by atoms with Crippen LogP contribution >= 0.6 is 0 Å². The fourth-order valence-corrected chi connectivity index (χ4v) is 2.66. The molecule has 0 saturated heterocycles. The Balaban J connectivity index is 0.000000248. The number of carbonyl (C=O) groups excluding carboxylic acids is 2. The van der Waals surface area contributed by atoms with E-state index in [4.69, 9.17) is 9.47 Å². The lowest BCUT2D eigenvalue weighted by Gasteiger charge is -2.20. The van der Waals surface area contributed by atoms with Gasteiger partial charge >= 0.3 is 11.9 Å². The van der Waals surface area contributed by atoms with Gasteiger partial charge in [-0.15, -0.1) is 0 Å². The molecule has 0 spiro atoms. The van der Waals surface area contributed by atoms with E-state index in [9.17, 15) is 19.8 Å². The average Bonchev–Trinajstić information content (AvgIpc) is 2.81. The van der Waals surface area contributed by atoms with Crippen LogP contribution in [0.25, 0.3) is 10.8 Å². The molecule has 0 amide bonds. The molecule has 3 aromatic carbocycles. The summed E-state index contributed by atoms with van der Waals surface area (Å²) in [5, 5.41) is 20.6. The van der Waals surface area contributed by atoms with Gasteiger partial charge in [0.1, 0.15) is 11.5 Å². The van der Waals surface area contributed by atoms with Gasteiger partial charge in [-0.2, -0.15) is 0 Å². The van der Waals surface area contributed by atoms with Crippen LogP contribution in [0.15, 0.2) is 60.7 Å². The van der Waals surface area contributed by atoms with Gasteiger partial charge in [-0.25, -0.2) is 0 Å². The minimum Gasteiger partial charge on any atom is -0.507 e. The summed E-state index contributed by atoms with van der Waals surface area (Å²) in [4.78, 5) is 23.8. The normalized spacial score (nSPS) is 11.4. The molecule has 0 aliphatic heterocycles. The number of phenolic OH excluding ortho intramolecular Hbond substituents is 2. The number of phenols is 2. The van der Waals surface area contributed by atoms with Crippen molar-refractivity contribution in [2.24, 2.45) is 10.8 Å². The van der Waals surface area contributed by atoms with Gasteiger partial charge in [-0.3, -0.25) is 9.59 Å². The minimum atomic E-state index is -0.526. The van der Waals surface area contributed by atoms with E-state index in [-0.39, 0.29) is 29.2 Å². The lowest BCUT2D eigenvalue weighted by atomic mass is 9.90. The Morgan fingerprint density at radius 1 is 0.647 bits per heavy atom. The van der Waals surface area contributed by atoms with E-state index in [2.05, 4.69) is 0 Å². The van der Waals surface area contributed by atoms with Crippen LogP contribution in [0.1, 0.15) is 54.4 Å². The molecular formula is C28H34O6. The largest absolute Gasteiger partial charge is 0.507 e. The van der Waals surface area contributed by atoms with Crippen molar-refractivity contribution in [3.63, 3.8) is 0 Å². The van der Waals surface area contributed by atoms with Gasteiger partial charge in [-0.05, 0) is 64.8 Å². The molecule has 3 rings (SSSR count). The smallest absolute Gasteiger partial charge is 0.317 e. The number of ether oxygens (including phenoxy) is 2. The van der Waals surface area contributed by atoms with E-state index in [1.165, 1.54) is 6.07 Å². The van der Waals surface area contributed by atoms with Crippen molar-refractivity contribution >= 4 is 22.7 Å². The van der Waals surface area contributed by atoms with Crippen molar-refractivity contribution in [2.75, 3.05) is 0 Å². The Labute approximate surface area is 201 Å². The van der Waals surface area contributed by atoms with Crippen LogP contribution in [0.3, 0.4) is 0 Å². The molecule has 182 valence electrons. The molecule has 6 nitrogen and oxygen atoms in total. The lowest BCUT2D eigenvalue weighted by molar-refractivity contribution is -0.144. The number of benzene rings is 3. The maximum absolute atomic E-state index is 12.1. The number of hydrogen-bond acceptors (Lipinski definition) is 6. The van der Waals surface area contributed by atoms with Crippen LogP contribution in [-0.2, 0) is 9.59 Å². The van der Waals surface area contributed by atoms with E-state index in [0.717, 1.165) is 5.39 Å². The summed E-state index contributed by atoms with van der Waals surface area (Å²) in [5.41, 5.74) is -1.04. The molecule has 0 heterocycles. The van der Waals surface area contributed by atoms with Crippen molar-refractivity contribution in [1.82, 2.24) is 0 Å². The van der Waals surface area contributed by atoms with Crippen molar-refractivity contribution < 1.29 is 29.3 Å². The van der Waals surface area contributed by atoms with E-state index in [1.54, 1.807) is 48.5 Å². The Morgan fingerprint density at radius 3 is 1.65 bits per heavy atom. The van der Waals surface area contributed by atoms with Crippen molar-refractivity contribution in [2.45, 2.75) is 54.4 Å². The Morgan fingerprint density at radius 2 is 1.09 bits per heavy atom. The van der Waals surface area contributed by atoms with Crippen LogP contribution in [-0.4, -0.2) is 22.2 Å². The summed E-state index contributed by atoms with van der Waals surface area (Å²) in [5.74, 6) is 0.282. The zero-order chi connectivity index (χ0) is 25.5. The number of rotatable bonds is 6. The molecule has 0 saturated carbocycles. The summed E-state index contributed by atoms with van der Waals surface area (Å²) in [6.45, 7) is 11.2. The Kier molecular flexibility index (Phi) is 8.68. The molecule has 2 N–H and O–H groups in total. The number of aromatic hydroxyl groups is 2. The van der Waals surface area contributed by atoms with Gasteiger partial charge in [0.2, 0.25) is 0 Å². The third kappa shape index (κ3) is 6.50. The topological polar surface area (TPSA) is 93.1 Å². The second-order valence-corrected chi connectivity index (χ2v) is 9.35. The Hall–Kier alpha value is -3.54. The fraction of sp³-hybridized carbons (Fsp3) is 0.357. The lowest BCUT2D eigenvalue weighted by Crippen LogP contribution is -2.28. The molecule has 3 aromatic rings. The molecule has 0 unspecified atom stereocenters. The monoisotopic (exact) mass is 466 g/mol. The van der Waals surface area contributed by atoms with Gasteiger partial charge in [0.05, 0.1) is 10.8 Å². The number of fused-ring (bicyclic) bond motifs is 1. The maximum Gasteiger partial charge on any atom is 0.317 e. The second kappa shape index (κ2) is 11.1. The summed E-state index contributed by atoms with van der Waals surface area (Å²) in [6, 6.07) is 16.9. The molecule has 34 heavy (non-hydrogen) atoms. The summed E-state index contributed by atoms with van der Waals surface area (Å²) in [6.07, 6.45) is 1.40. The van der Waals surface area contributed by atoms with Crippen LogP contribution in [0.4, 0.5) is 0 Å². The standard InChI is InChI=1S/C16H18O3.C12H16O3/c1-4-16(2,3)15(18)19-14-10-6-7-11-12(14)8-5-9-13(11)17;1-4-12(2,3)11(14)15-10-8-6-5-7-9(10)13/h5-10,17H,4H2,1-3H3;5-8,13H,4H2,1-3H3. The first kappa shape index (κ1) is 26.7. The van der Waals surface area contributed by atoms with Crippen LogP contribution in [0, 0.1) is 10.8 Å². The third-order valence-corrected chi connectivity index (χ3v) is 6.00. The van der Waals surface area contributed by atoms with Gasteiger partial charge in [-0.1, -0.05) is 50.2 Å². The first-order valence-corrected chi connectivity index (χ1v) is 11.4. The number of esters is 2. The molecule has 0 bridgehead atoms. The molecule has 0 fully saturated rings. The van der Waals surface area contributed by atoms with Gasteiger partial charge in [0, 0.05) is 10.8 Å². The van der Waals surface area contributed by atoms with Crippen molar-refractivity contribution in [3.8, 4) is 23.0 Å². The molecule has 6 heteroatoms. The summed E-state index contributed by atoms with van der Waals surface area (Å²) < 4.78 is 10.6. The quantitative estimate of drug-likeness (QED) is 0.313. The van der Waals surface area contributed by atoms with Gasteiger partial charge in [0.25, 0.3) is 0 Å². The van der Waals surface area contributed by atoms with Crippen LogP contribution < -0.4 is 9.47 Å². The van der Waals surface area contributed by atoms with Crippen molar-refractivity contribution in [1.29, 1.82) is 0 Å². The molecule has 0 atom stereocenters. The number of carbonyl (C=O) groups is 2. The first-order chi connectivity index (χ1) is 15.9. The number of hydrogen-bond donors (Lipinski definition) is 2. The highest BCUT2D eigenvalue weighted by atomic mass is 16.5. The predicted molar refractivity (Wildman–Crippen MR) is 133 cm³/mol. The van der Waals surface area contributed by atoms with Crippen molar-refractivity contribution in [3.05, 3.63) is 60.7 Å². The van der Waals surface area contributed by atoms with E-state index >= 15 is 0 Å². The second-order valence-electron chi connectivity index (χ2n) is 9.35. The molecule has 0 aliphatic carbocycles. The summed E-state index contributed by atoms with van der Waals surface area (Å²) >= 11 is 0. The van der Waals surface area contributed by atoms with Gasteiger partial charge in [0.15, 0.2) is 11.5 Å². The highest BCUT2D eigenvalue weighted by Gasteiger charge is 2.29.